The zero-order valence-electron chi connectivity index (χ0n) is 11.4. The van der Waals surface area contributed by atoms with Gasteiger partial charge in [0.05, 0.1) is 11.5 Å². The van der Waals surface area contributed by atoms with Crippen molar-refractivity contribution in [2.75, 3.05) is 6.61 Å². The van der Waals surface area contributed by atoms with Crippen LogP contribution in [0.4, 0.5) is 5.69 Å². The van der Waals surface area contributed by atoms with E-state index in [0.717, 1.165) is 32.1 Å². The van der Waals surface area contributed by atoms with Gasteiger partial charge in [0, 0.05) is 0 Å². The highest BCUT2D eigenvalue weighted by atomic mass is 35.5. The predicted molar refractivity (Wildman–Crippen MR) is 77.1 cm³/mol. The summed E-state index contributed by atoms with van der Waals surface area (Å²) in [5.41, 5.74) is -0.499. The van der Waals surface area contributed by atoms with E-state index in [9.17, 15) is 14.9 Å². The maximum absolute atomic E-state index is 11.8. The summed E-state index contributed by atoms with van der Waals surface area (Å²) < 4.78 is 5.05. The monoisotopic (exact) mass is 299 g/mol. The molecule has 0 heterocycles. The summed E-state index contributed by atoms with van der Waals surface area (Å²) >= 11 is 5.74. The molecule has 0 amide bonds. The minimum atomic E-state index is -0.699. The summed E-state index contributed by atoms with van der Waals surface area (Å²) in [6, 6.07) is 4.22. The molecule has 0 radical (unpaired) electrons. The van der Waals surface area contributed by atoms with Crippen LogP contribution in [0.1, 0.15) is 49.4 Å². The van der Waals surface area contributed by atoms with Crippen LogP contribution in [0.3, 0.4) is 0 Å². The number of nitro groups is 1. The number of esters is 1. The van der Waals surface area contributed by atoms with Gasteiger partial charge in [-0.2, -0.15) is 0 Å². The molecular formula is C14H18ClNO4. The first-order chi connectivity index (χ1) is 9.57. The average molecular weight is 300 g/mol. The topological polar surface area (TPSA) is 69.4 Å². The first-order valence-corrected chi connectivity index (χ1v) is 7.05. The second-order valence-electron chi connectivity index (χ2n) is 4.44. The highest BCUT2D eigenvalue weighted by molar-refractivity contribution is 6.33. The number of rotatable bonds is 8. The lowest BCUT2D eigenvalue weighted by molar-refractivity contribution is -0.385. The van der Waals surface area contributed by atoms with Gasteiger partial charge in [-0.05, 0) is 18.6 Å². The highest BCUT2D eigenvalue weighted by Gasteiger charge is 2.24. The van der Waals surface area contributed by atoms with Gasteiger partial charge in [-0.15, -0.1) is 0 Å². The van der Waals surface area contributed by atoms with Crippen LogP contribution in [0.2, 0.25) is 5.02 Å². The van der Waals surface area contributed by atoms with Crippen LogP contribution < -0.4 is 0 Å². The molecule has 1 rings (SSSR count). The van der Waals surface area contributed by atoms with Gasteiger partial charge in [0.1, 0.15) is 10.6 Å². The SMILES string of the molecule is CCCCCCCOC(=O)c1cccc(Cl)c1[N+](=O)[O-]. The van der Waals surface area contributed by atoms with Crippen molar-refractivity contribution in [2.45, 2.75) is 39.0 Å². The number of carbonyl (C=O) groups excluding carboxylic acids is 1. The molecule has 0 spiro atoms. The largest absolute Gasteiger partial charge is 0.462 e. The zero-order chi connectivity index (χ0) is 15.0. The van der Waals surface area contributed by atoms with Crippen LogP contribution in [-0.2, 0) is 4.74 Å². The maximum Gasteiger partial charge on any atom is 0.345 e. The molecule has 6 heteroatoms. The number of unbranched alkanes of at least 4 members (excludes halogenated alkanes) is 4. The molecule has 20 heavy (non-hydrogen) atoms. The summed E-state index contributed by atoms with van der Waals surface area (Å²) in [4.78, 5) is 22.1. The fourth-order valence-corrected chi connectivity index (χ4v) is 2.06. The lowest BCUT2D eigenvalue weighted by Gasteiger charge is -2.06. The smallest absolute Gasteiger partial charge is 0.345 e. The lowest BCUT2D eigenvalue weighted by Crippen LogP contribution is -2.09. The van der Waals surface area contributed by atoms with E-state index in [-0.39, 0.29) is 17.2 Å². The Morgan fingerprint density at radius 2 is 2.00 bits per heavy atom. The van der Waals surface area contributed by atoms with Gasteiger partial charge in [-0.3, -0.25) is 10.1 Å². The van der Waals surface area contributed by atoms with Gasteiger partial charge < -0.3 is 4.74 Å². The van der Waals surface area contributed by atoms with Crippen molar-refractivity contribution in [3.8, 4) is 0 Å². The molecule has 110 valence electrons. The molecule has 0 aliphatic rings. The maximum atomic E-state index is 11.8. The number of halogens is 1. The molecule has 5 nitrogen and oxygen atoms in total. The van der Waals surface area contributed by atoms with E-state index in [0.29, 0.717) is 0 Å². The summed E-state index contributed by atoms with van der Waals surface area (Å²) in [6.07, 6.45) is 5.16. The van der Waals surface area contributed by atoms with Crippen LogP contribution >= 0.6 is 11.6 Å². The van der Waals surface area contributed by atoms with Crippen molar-refractivity contribution in [2.24, 2.45) is 0 Å². The predicted octanol–water partition coefficient (Wildman–Crippen LogP) is 4.38. The number of ether oxygens (including phenoxy) is 1. The number of nitro benzene ring substituents is 1. The van der Waals surface area contributed by atoms with E-state index in [1.807, 2.05) is 0 Å². The third-order valence-electron chi connectivity index (χ3n) is 2.87. The number of carbonyl (C=O) groups is 1. The molecule has 0 N–H and O–H groups in total. The Morgan fingerprint density at radius 3 is 2.65 bits per heavy atom. The third kappa shape index (κ3) is 4.81. The fraction of sp³-hybridized carbons (Fsp3) is 0.500. The summed E-state index contributed by atoms with van der Waals surface area (Å²) in [7, 11) is 0. The Labute approximate surface area is 123 Å². The first kappa shape index (κ1) is 16.4. The molecular weight excluding hydrogens is 282 g/mol. The number of hydrogen-bond acceptors (Lipinski definition) is 4. The van der Waals surface area contributed by atoms with Gasteiger partial charge in [-0.1, -0.05) is 50.3 Å². The number of para-hydroxylation sites is 1. The second kappa shape index (κ2) is 8.53. The molecule has 1 aromatic carbocycles. The minimum absolute atomic E-state index is 0.0626. The van der Waals surface area contributed by atoms with E-state index in [1.165, 1.54) is 18.2 Å². The summed E-state index contributed by atoms with van der Waals surface area (Å²) in [5.74, 6) is -0.699. The number of hydrogen-bond donors (Lipinski definition) is 0. The normalized spacial score (nSPS) is 10.3. The van der Waals surface area contributed by atoms with E-state index < -0.39 is 16.6 Å². The van der Waals surface area contributed by atoms with E-state index in [1.54, 1.807) is 0 Å². The molecule has 0 aliphatic carbocycles. The Morgan fingerprint density at radius 1 is 1.30 bits per heavy atom. The first-order valence-electron chi connectivity index (χ1n) is 6.68. The van der Waals surface area contributed by atoms with Crippen LogP contribution in [0.15, 0.2) is 18.2 Å². The van der Waals surface area contributed by atoms with E-state index in [4.69, 9.17) is 16.3 Å². The van der Waals surface area contributed by atoms with Gasteiger partial charge in [-0.25, -0.2) is 4.79 Å². The average Bonchev–Trinajstić information content (AvgIpc) is 2.41. The van der Waals surface area contributed by atoms with Crippen molar-refractivity contribution in [1.82, 2.24) is 0 Å². The molecule has 1 aromatic rings. The van der Waals surface area contributed by atoms with Crippen molar-refractivity contribution in [3.63, 3.8) is 0 Å². The Balaban J connectivity index is 2.56. The minimum Gasteiger partial charge on any atom is -0.462 e. The van der Waals surface area contributed by atoms with Crippen molar-refractivity contribution >= 4 is 23.3 Å². The summed E-state index contributed by atoms with van der Waals surface area (Å²) in [6.45, 7) is 2.39. The van der Waals surface area contributed by atoms with Crippen molar-refractivity contribution in [3.05, 3.63) is 38.9 Å². The van der Waals surface area contributed by atoms with Gasteiger partial charge >= 0.3 is 11.7 Å². The van der Waals surface area contributed by atoms with Gasteiger partial charge in [0.25, 0.3) is 0 Å². The summed E-state index contributed by atoms with van der Waals surface area (Å²) in [5, 5.41) is 10.8. The van der Waals surface area contributed by atoms with Crippen LogP contribution in [-0.4, -0.2) is 17.5 Å². The number of nitrogens with zero attached hydrogens (tertiary/aromatic N) is 1. The van der Waals surface area contributed by atoms with Gasteiger partial charge in [0.15, 0.2) is 0 Å². The number of benzene rings is 1. The Bertz CT molecular complexity index is 476. The fourth-order valence-electron chi connectivity index (χ4n) is 1.81. The molecule has 0 bridgehead atoms. The molecule has 0 atom stereocenters. The zero-order valence-corrected chi connectivity index (χ0v) is 12.2. The van der Waals surface area contributed by atoms with E-state index in [2.05, 4.69) is 6.92 Å². The third-order valence-corrected chi connectivity index (χ3v) is 3.18. The molecule has 0 saturated heterocycles. The van der Waals surface area contributed by atoms with Crippen LogP contribution in [0.25, 0.3) is 0 Å². The Hall–Kier alpha value is -1.62. The molecule has 0 aliphatic heterocycles. The quantitative estimate of drug-likeness (QED) is 0.309. The van der Waals surface area contributed by atoms with Crippen molar-refractivity contribution in [1.29, 1.82) is 0 Å². The standard InChI is InChI=1S/C14H18ClNO4/c1-2-3-4-5-6-10-20-14(17)11-8-7-9-12(15)13(11)16(18)19/h7-9H,2-6,10H2,1H3. The molecule has 0 aromatic heterocycles. The van der Waals surface area contributed by atoms with Crippen LogP contribution in [0.5, 0.6) is 0 Å². The second-order valence-corrected chi connectivity index (χ2v) is 4.85. The molecule has 0 unspecified atom stereocenters. The van der Waals surface area contributed by atoms with E-state index >= 15 is 0 Å². The Kier molecular flexibility index (Phi) is 7.01. The molecule has 0 saturated carbocycles. The lowest BCUT2D eigenvalue weighted by atomic mass is 10.1. The van der Waals surface area contributed by atoms with Gasteiger partial charge in [0.2, 0.25) is 0 Å². The highest BCUT2D eigenvalue weighted by Crippen LogP contribution is 2.28. The van der Waals surface area contributed by atoms with Crippen LogP contribution in [0, 0.1) is 10.1 Å². The molecule has 0 fully saturated rings. The van der Waals surface area contributed by atoms with Crippen molar-refractivity contribution < 1.29 is 14.5 Å².